The van der Waals surface area contributed by atoms with E-state index in [1.54, 1.807) is 23.3 Å². The van der Waals surface area contributed by atoms with E-state index in [-0.39, 0.29) is 12.3 Å². The van der Waals surface area contributed by atoms with E-state index in [0.29, 0.717) is 24.2 Å². The highest BCUT2D eigenvalue weighted by Gasteiger charge is 2.23. The highest BCUT2D eigenvalue weighted by atomic mass is 32.2. The number of nitrogens with one attached hydrogen (secondary N) is 1. The Labute approximate surface area is 215 Å². The summed E-state index contributed by atoms with van der Waals surface area (Å²) < 4.78 is 22.8. The molecule has 1 aromatic carbocycles. The Kier molecular flexibility index (Phi) is 9.57. The molecule has 0 radical (unpaired) electrons. The number of methoxy groups -OCH3 is 1. The maximum atomic E-state index is 14.0. The molecular weight excluding hydrogens is 481 g/mol. The van der Waals surface area contributed by atoms with Crippen LogP contribution in [0.3, 0.4) is 0 Å². The number of nitrogens with two attached hydrogens (primary N) is 2. The molecule has 1 aliphatic rings. The lowest BCUT2D eigenvalue weighted by Gasteiger charge is -2.15. The van der Waals surface area contributed by atoms with Gasteiger partial charge in [0.1, 0.15) is 5.65 Å². The van der Waals surface area contributed by atoms with Crippen molar-refractivity contribution in [3.63, 3.8) is 0 Å². The number of rotatable bonds is 10. The maximum absolute atomic E-state index is 14.0. The molecule has 194 valence electrons. The Morgan fingerprint density at radius 1 is 1.31 bits per heavy atom. The van der Waals surface area contributed by atoms with Crippen LogP contribution in [0.5, 0.6) is 5.75 Å². The van der Waals surface area contributed by atoms with Crippen LogP contribution in [-0.2, 0) is 17.9 Å². The first-order valence-electron chi connectivity index (χ1n) is 11.5. The van der Waals surface area contributed by atoms with Gasteiger partial charge in [-0.2, -0.15) is 0 Å². The minimum Gasteiger partial charge on any atom is -0.494 e. The summed E-state index contributed by atoms with van der Waals surface area (Å²) in [5.41, 5.74) is 10.0. The SMILES string of the molecule is C/C(N)=C/N(N)Cc1cn2cc(C3CC3)ccc2n1.COc1ccc(SN(C)C)c(CNC=O)c1F. The fourth-order valence-electron chi connectivity index (χ4n) is 3.62. The van der Waals surface area contributed by atoms with Crippen LogP contribution in [0.15, 0.2) is 53.5 Å². The van der Waals surface area contributed by atoms with E-state index in [2.05, 4.69) is 33.0 Å². The predicted molar refractivity (Wildman–Crippen MR) is 140 cm³/mol. The molecule has 0 atom stereocenters. The number of halogens is 1. The maximum Gasteiger partial charge on any atom is 0.207 e. The van der Waals surface area contributed by atoms with E-state index in [1.165, 1.54) is 37.5 Å². The van der Waals surface area contributed by atoms with Gasteiger partial charge < -0.3 is 25.2 Å². The summed E-state index contributed by atoms with van der Waals surface area (Å²) >= 11 is 1.39. The third-order valence-electron chi connectivity index (χ3n) is 5.31. The van der Waals surface area contributed by atoms with E-state index in [4.69, 9.17) is 16.3 Å². The van der Waals surface area contributed by atoms with Gasteiger partial charge in [0, 0.05) is 41.3 Å². The van der Waals surface area contributed by atoms with Crippen LogP contribution in [0.1, 0.15) is 42.5 Å². The molecular formula is C25H34FN7O2S. The molecule has 4 rings (SSSR count). The van der Waals surface area contributed by atoms with Crippen molar-refractivity contribution in [3.8, 4) is 5.75 Å². The lowest BCUT2D eigenvalue weighted by atomic mass is 10.2. The van der Waals surface area contributed by atoms with E-state index < -0.39 is 5.82 Å². The fourth-order valence-corrected chi connectivity index (χ4v) is 4.41. The second-order valence-corrected chi connectivity index (χ2v) is 10.1. The molecule has 1 saturated carbocycles. The van der Waals surface area contributed by atoms with Crippen molar-refractivity contribution in [2.45, 2.75) is 43.7 Å². The van der Waals surface area contributed by atoms with Gasteiger partial charge in [0.25, 0.3) is 0 Å². The zero-order valence-corrected chi connectivity index (χ0v) is 21.9. The lowest BCUT2D eigenvalue weighted by molar-refractivity contribution is -0.109. The molecule has 2 aromatic heterocycles. The molecule has 1 aliphatic carbocycles. The number of imidazole rings is 1. The van der Waals surface area contributed by atoms with Crippen LogP contribution in [-0.4, -0.2) is 46.3 Å². The minimum atomic E-state index is -0.436. The number of hydrogen-bond acceptors (Lipinski definition) is 8. The molecule has 1 amide bonds. The standard InChI is InChI=1S/C14H19N5.C11H15FN2O2S/c1-10(15)6-19(16)9-13-8-18-7-12(11-2-3-11)4-5-14(18)17-13;1-14(2)17-10-5-4-9(16-3)11(12)8(10)6-13-7-15/h4-8,11H,2-3,9,15-16H2,1H3;4-5,7H,6H2,1-3H3,(H,13,15)/b10-6-;. The molecule has 9 nitrogen and oxygen atoms in total. The highest BCUT2D eigenvalue weighted by Crippen LogP contribution is 2.39. The molecule has 1 fully saturated rings. The summed E-state index contributed by atoms with van der Waals surface area (Å²) in [5.74, 6) is 6.34. The first-order chi connectivity index (χ1) is 17.2. The van der Waals surface area contributed by atoms with Crippen LogP contribution in [0.2, 0.25) is 0 Å². The van der Waals surface area contributed by atoms with Crippen molar-refractivity contribution < 1.29 is 13.9 Å². The summed E-state index contributed by atoms with van der Waals surface area (Å²) in [4.78, 5) is 15.6. The lowest BCUT2D eigenvalue weighted by Crippen LogP contribution is -2.25. The van der Waals surface area contributed by atoms with Crippen LogP contribution in [0.25, 0.3) is 5.65 Å². The number of aromatic nitrogens is 2. The Bertz CT molecular complexity index is 1210. The summed E-state index contributed by atoms with van der Waals surface area (Å²) in [6.07, 6.45) is 9.08. The van der Waals surface area contributed by atoms with Crippen LogP contribution in [0, 0.1) is 5.82 Å². The largest absolute Gasteiger partial charge is 0.494 e. The van der Waals surface area contributed by atoms with Crippen molar-refractivity contribution in [2.24, 2.45) is 11.6 Å². The number of carbonyl (C=O) groups excluding carboxylic acids is 1. The average Bonchev–Trinajstić information content (AvgIpc) is 3.58. The first-order valence-corrected chi connectivity index (χ1v) is 12.3. The van der Waals surface area contributed by atoms with Gasteiger partial charge in [-0.05, 0) is 75.5 Å². The van der Waals surface area contributed by atoms with Crippen molar-refractivity contribution in [2.75, 3.05) is 21.2 Å². The monoisotopic (exact) mass is 515 g/mol. The van der Waals surface area contributed by atoms with Crippen molar-refractivity contribution >= 4 is 24.0 Å². The molecule has 36 heavy (non-hydrogen) atoms. The number of amides is 1. The first kappa shape index (κ1) is 27.3. The van der Waals surface area contributed by atoms with Gasteiger partial charge >= 0.3 is 0 Å². The van der Waals surface area contributed by atoms with Crippen molar-refractivity contribution in [3.05, 3.63) is 71.2 Å². The number of nitrogens with zero attached hydrogens (tertiary/aromatic N) is 4. The van der Waals surface area contributed by atoms with Crippen LogP contribution >= 0.6 is 11.9 Å². The Hall–Kier alpha value is -3.28. The number of ether oxygens (including phenoxy) is 1. The van der Waals surface area contributed by atoms with Gasteiger partial charge in [0.15, 0.2) is 11.6 Å². The Morgan fingerprint density at radius 3 is 2.67 bits per heavy atom. The zero-order valence-electron chi connectivity index (χ0n) is 21.1. The van der Waals surface area contributed by atoms with Crippen molar-refractivity contribution in [1.29, 1.82) is 0 Å². The normalized spacial score (nSPS) is 13.4. The number of hydrazine groups is 1. The van der Waals surface area contributed by atoms with Crippen LogP contribution < -0.4 is 21.6 Å². The Morgan fingerprint density at radius 2 is 2.06 bits per heavy atom. The zero-order chi connectivity index (χ0) is 26.2. The highest BCUT2D eigenvalue weighted by molar-refractivity contribution is 7.97. The van der Waals surface area contributed by atoms with E-state index in [9.17, 15) is 9.18 Å². The molecule has 3 aromatic rings. The molecule has 0 saturated heterocycles. The minimum absolute atomic E-state index is 0.142. The van der Waals surface area contributed by atoms with Gasteiger partial charge in [-0.25, -0.2) is 15.2 Å². The van der Waals surface area contributed by atoms with Gasteiger partial charge in [0.2, 0.25) is 6.41 Å². The quantitative estimate of drug-likeness (QED) is 0.163. The number of hydrogen-bond donors (Lipinski definition) is 3. The molecule has 0 aliphatic heterocycles. The second-order valence-electron chi connectivity index (χ2n) is 8.74. The molecule has 0 unspecified atom stereocenters. The fraction of sp³-hybridized carbons (Fsp3) is 0.360. The molecule has 2 heterocycles. The number of benzene rings is 1. The van der Waals surface area contributed by atoms with Gasteiger partial charge in [-0.3, -0.25) is 9.10 Å². The summed E-state index contributed by atoms with van der Waals surface area (Å²) in [6, 6.07) is 7.59. The third-order valence-corrected chi connectivity index (χ3v) is 6.26. The summed E-state index contributed by atoms with van der Waals surface area (Å²) in [7, 11) is 5.14. The number of carbonyl (C=O) groups is 1. The van der Waals surface area contributed by atoms with Crippen LogP contribution in [0.4, 0.5) is 4.39 Å². The number of allylic oxidation sites excluding steroid dienone is 1. The smallest absolute Gasteiger partial charge is 0.207 e. The third kappa shape index (κ3) is 7.61. The molecule has 0 spiro atoms. The summed E-state index contributed by atoms with van der Waals surface area (Å²) in [6.45, 7) is 2.50. The van der Waals surface area contributed by atoms with E-state index in [1.807, 2.05) is 31.5 Å². The van der Waals surface area contributed by atoms with E-state index >= 15 is 0 Å². The predicted octanol–water partition coefficient (Wildman–Crippen LogP) is 3.36. The van der Waals surface area contributed by atoms with Gasteiger partial charge in [-0.15, -0.1) is 0 Å². The topological polar surface area (TPSA) is 114 Å². The Balaban J connectivity index is 0.000000202. The molecule has 0 bridgehead atoms. The molecule has 11 heteroatoms. The summed E-state index contributed by atoms with van der Waals surface area (Å²) in [5, 5.41) is 4.02. The molecule has 5 N–H and O–H groups in total. The van der Waals surface area contributed by atoms with Crippen molar-refractivity contribution in [1.82, 2.24) is 24.0 Å². The number of pyridine rings is 1. The van der Waals surface area contributed by atoms with Gasteiger partial charge in [-0.1, -0.05) is 6.07 Å². The van der Waals surface area contributed by atoms with Gasteiger partial charge in [0.05, 0.1) is 19.3 Å². The second kappa shape index (κ2) is 12.6. The number of fused-ring (bicyclic) bond motifs is 1. The average molecular weight is 516 g/mol. The van der Waals surface area contributed by atoms with E-state index in [0.717, 1.165) is 22.2 Å².